The van der Waals surface area contributed by atoms with Gasteiger partial charge in [0.2, 0.25) is 5.91 Å². The van der Waals surface area contributed by atoms with Gasteiger partial charge in [-0.05, 0) is 44.7 Å². The van der Waals surface area contributed by atoms with Crippen molar-refractivity contribution in [3.63, 3.8) is 0 Å². The SMILES string of the molecule is Cc1ccc(C(C)(O)CNC(=O)C(NC2CCOCC2)C(C)C)o1. The normalized spacial score (nSPS) is 19.9. The molecule has 2 rings (SSSR count). The third-order valence-electron chi connectivity index (χ3n) is 4.46. The zero-order valence-corrected chi connectivity index (χ0v) is 15.1. The van der Waals surface area contributed by atoms with Crippen molar-refractivity contribution < 1.29 is 19.1 Å². The molecule has 6 heteroatoms. The van der Waals surface area contributed by atoms with Crippen LogP contribution in [0, 0.1) is 12.8 Å². The Kier molecular flexibility index (Phi) is 6.43. The second-order valence-corrected chi connectivity index (χ2v) is 7.18. The molecule has 1 aromatic heterocycles. The number of rotatable bonds is 7. The van der Waals surface area contributed by atoms with Crippen molar-refractivity contribution in [3.05, 3.63) is 23.7 Å². The lowest BCUT2D eigenvalue weighted by Gasteiger charge is -2.31. The third-order valence-corrected chi connectivity index (χ3v) is 4.46. The lowest BCUT2D eigenvalue weighted by molar-refractivity contribution is -0.126. The van der Waals surface area contributed by atoms with Gasteiger partial charge in [-0.1, -0.05) is 13.8 Å². The van der Waals surface area contributed by atoms with Gasteiger partial charge in [0.15, 0.2) is 0 Å². The van der Waals surface area contributed by atoms with Crippen LogP contribution in [0.2, 0.25) is 0 Å². The molecule has 2 atom stereocenters. The summed E-state index contributed by atoms with van der Waals surface area (Å²) >= 11 is 0. The van der Waals surface area contributed by atoms with Gasteiger partial charge in [0, 0.05) is 19.3 Å². The summed E-state index contributed by atoms with van der Waals surface area (Å²) in [7, 11) is 0. The van der Waals surface area contributed by atoms with E-state index in [0.717, 1.165) is 31.8 Å². The number of amides is 1. The molecule has 24 heavy (non-hydrogen) atoms. The molecule has 1 aliphatic rings. The Hall–Kier alpha value is -1.37. The summed E-state index contributed by atoms with van der Waals surface area (Å²) in [5.41, 5.74) is -1.23. The minimum absolute atomic E-state index is 0.0972. The van der Waals surface area contributed by atoms with Gasteiger partial charge in [0.25, 0.3) is 0 Å². The first-order chi connectivity index (χ1) is 11.3. The largest absolute Gasteiger partial charge is 0.463 e. The summed E-state index contributed by atoms with van der Waals surface area (Å²) in [5, 5.41) is 16.8. The molecule has 2 heterocycles. The molecule has 136 valence electrons. The van der Waals surface area contributed by atoms with E-state index in [1.807, 2.05) is 20.8 Å². The smallest absolute Gasteiger partial charge is 0.237 e. The number of carbonyl (C=O) groups excluding carboxylic acids is 1. The lowest BCUT2D eigenvalue weighted by Crippen LogP contribution is -2.54. The number of aryl methyl sites for hydroxylation is 1. The molecular weight excluding hydrogens is 308 g/mol. The van der Waals surface area contributed by atoms with Crippen LogP contribution in [0.1, 0.15) is 45.1 Å². The first kappa shape index (κ1) is 19.0. The van der Waals surface area contributed by atoms with E-state index in [9.17, 15) is 9.90 Å². The van der Waals surface area contributed by atoms with E-state index in [2.05, 4.69) is 10.6 Å². The average molecular weight is 338 g/mol. The molecule has 6 nitrogen and oxygen atoms in total. The summed E-state index contributed by atoms with van der Waals surface area (Å²) in [6, 6.07) is 3.55. The topological polar surface area (TPSA) is 83.7 Å². The molecule has 0 radical (unpaired) electrons. The van der Waals surface area contributed by atoms with Crippen molar-refractivity contribution in [3.8, 4) is 0 Å². The van der Waals surface area contributed by atoms with Crippen LogP contribution >= 0.6 is 0 Å². The third kappa shape index (κ3) is 5.06. The fourth-order valence-electron chi connectivity index (χ4n) is 2.87. The number of ether oxygens (including phenoxy) is 1. The van der Waals surface area contributed by atoms with Crippen LogP contribution in [-0.4, -0.2) is 42.9 Å². The first-order valence-electron chi connectivity index (χ1n) is 8.70. The van der Waals surface area contributed by atoms with E-state index < -0.39 is 5.60 Å². The summed E-state index contributed by atoms with van der Waals surface area (Å²) in [5.74, 6) is 1.25. The van der Waals surface area contributed by atoms with Gasteiger partial charge in [0.05, 0.1) is 12.6 Å². The Bertz CT molecular complexity index is 533. The molecule has 3 N–H and O–H groups in total. The molecule has 1 fully saturated rings. The number of carbonyl (C=O) groups is 1. The van der Waals surface area contributed by atoms with Crippen molar-refractivity contribution in [1.82, 2.24) is 10.6 Å². The van der Waals surface area contributed by atoms with Gasteiger partial charge in [-0.25, -0.2) is 0 Å². The van der Waals surface area contributed by atoms with Crippen LogP contribution in [-0.2, 0) is 15.1 Å². The molecule has 0 aromatic carbocycles. The fraction of sp³-hybridized carbons (Fsp3) is 0.722. The van der Waals surface area contributed by atoms with Crippen LogP contribution in [0.5, 0.6) is 0 Å². The van der Waals surface area contributed by atoms with E-state index >= 15 is 0 Å². The summed E-state index contributed by atoms with van der Waals surface area (Å²) < 4.78 is 10.8. The molecule has 0 spiro atoms. The minimum atomic E-state index is -1.23. The van der Waals surface area contributed by atoms with Gasteiger partial charge >= 0.3 is 0 Å². The van der Waals surface area contributed by atoms with E-state index in [-0.39, 0.29) is 24.4 Å². The number of furan rings is 1. The van der Waals surface area contributed by atoms with Gasteiger partial charge in [-0.15, -0.1) is 0 Å². The maximum Gasteiger partial charge on any atom is 0.237 e. The average Bonchev–Trinajstić information content (AvgIpc) is 2.98. The molecule has 0 bridgehead atoms. The van der Waals surface area contributed by atoms with Crippen molar-refractivity contribution in [2.45, 2.75) is 58.2 Å². The Balaban J connectivity index is 1.92. The second kappa shape index (κ2) is 8.14. The summed E-state index contributed by atoms with van der Waals surface area (Å²) in [6.45, 7) is 9.08. The molecule has 1 aliphatic heterocycles. The van der Waals surface area contributed by atoms with E-state index in [1.165, 1.54) is 0 Å². The minimum Gasteiger partial charge on any atom is -0.463 e. The first-order valence-corrected chi connectivity index (χ1v) is 8.70. The molecule has 1 saturated heterocycles. The summed E-state index contributed by atoms with van der Waals surface area (Å²) in [6.07, 6.45) is 1.83. The van der Waals surface area contributed by atoms with Crippen LogP contribution in [0.4, 0.5) is 0 Å². The molecule has 0 aliphatic carbocycles. The maximum absolute atomic E-state index is 12.6. The van der Waals surface area contributed by atoms with E-state index in [4.69, 9.17) is 9.15 Å². The van der Waals surface area contributed by atoms with Crippen molar-refractivity contribution in [2.24, 2.45) is 5.92 Å². The predicted octanol–water partition coefficient (Wildman–Crippen LogP) is 1.70. The van der Waals surface area contributed by atoms with Crippen LogP contribution in [0.15, 0.2) is 16.5 Å². The van der Waals surface area contributed by atoms with Crippen LogP contribution in [0.25, 0.3) is 0 Å². The second-order valence-electron chi connectivity index (χ2n) is 7.18. The van der Waals surface area contributed by atoms with Gasteiger partial charge in [-0.3, -0.25) is 4.79 Å². The highest BCUT2D eigenvalue weighted by Gasteiger charge is 2.31. The fourth-order valence-corrected chi connectivity index (χ4v) is 2.87. The standard InChI is InChI=1S/C18H30N2O4/c1-12(2)16(20-14-7-9-23-10-8-14)17(21)19-11-18(4,22)15-6-5-13(3)24-15/h5-6,12,14,16,20,22H,7-11H2,1-4H3,(H,19,21). The van der Waals surface area contributed by atoms with Crippen molar-refractivity contribution >= 4 is 5.91 Å². The monoisotopic (exact) mass is 338 g/mol. The van der Waals surface area contributed by atoms with Crippen LogP contribution in [0.3, 0.4) is 0 Å². The molecule has 1 aromatic rings. The Labute approximate surface area is 143 Å². The Morgan fingerprint density at radius 2 is 2.04 bits per heavy atom. The molecule has 1 amide bonds. The van der Waals surface area contributed by atoms with E-state index in [0.29, 0.717) is 11.8 Å². The van der Waals surface area contributed by atoms with Gasteiger partial charge in [0.1, 0.15) is 17.1 Å². The number of hydrogen-bond acceptors (Lipinski definition) is 5. The zero-order valence-electron chi connectivity index (χ0n) is 15.1. The molecule has 0 saturated carbocycles. The van der Waals surface area contributed by atoms with Gasteiger partial charge in [-0.2, -0.15) is 0 Å². The maximum atomic E-state index is 12.6. The quantitative estimate of drug-likeness (QED) is 0.705. The highest BCUT2D eigenvalue weighted by atomic mass is 16.5. The number of hydrogen-bond donors (Lipinski definition) is 3. The number of nitrogens with one attached hydrogen (secondary N) is 2. The highest BCUT2D eigenvalue weighted by Crippen LogP contribution is 2.22. The highest BCUT2D eigenvalue weighted by molar-refractivity contribution is 5.82. The van der Waals surface area contributed by atoms with Crippen molar-refractivity contribution in [1.29, 1.82) is 0 Å². The van der Waals surface area contributed by atoms with Gasteiger partial charge < -0.3 is 24.9 Å². The van der Waals surface area contributed by atoms with Crippen LogP contribution < -0.4 is 10.6 Å². The van der Waals surface area contributed by atoms with Crippen molar-refractivity contribution in [2.75, 3.05) is 19.8 Å². The molecular formula is C18H30N2O4. The summed E-state index contributed by atoms with van der Waals surface area (Å²) in [4.78, 5) is 12.6. The Morgan fingerprint density at radius 3 is 2.58 bits per heavy atom. The zero-order chi connectivity index (χ0) is 17.7. The molecule has 2 unspecified atom stereocenters. The van der Waals surface area contributed by atoms with E-state index in [1.54, 1.807) is 19.1 Å². The Morgan fingerprint density at radius 1 is 1.38 bits per heavy atom. The predicted molar refractivity (Wildman–Crippen MR) is 91.6 cm³/mol. The lowest BCUT2D eigenvalue weighted by atomic mass is 9.99. The number of aliphatic hydroxyl groups is 1.